The van der Waals surface area contributed by atoms with E-state index >= 15 is 0 Å². The summed E-state index contributed by atoms with van der Waals surface area (Å²) in [7, 11) is 0. The molecule has 2 aromatic rings. The van der Waals surface area contributed by atoms with Gasteiger partial charge in [-0.2, -0.15) is 0 Å². The number of nitrogens with one attached hydrogen (secondary N) is 1. The summed E-state index contributed by atoms with van der Waals surface area (Å²) in [6, 6.07) is 8.08. The minimum absolute atomic E-state index is 0. The van der Waals surface area contributed by atoms with Crippen LogP contribution in [-0.4, -0.2) is 28.9 Å². The highest BCUT2D eigenvalue weighted by atomic mass is 35.5. The molecule has 1 saturated heterocycles. The van der Waals surface area contributed by atoms with Crippen LogP contribution in [0.25, 0.3) is 0 Å². The number of anilines is 1. The Bertz CT molecular complexity index is 659. The summed E-state index contributed by atoms with van der Waals surface area (Å²) in [6.45, 7) is 0.549. The monoisotopic (exact) mass is 387 g/mol. The molecule has 0 unspecified atom stereocenters. The Morgan fingerprint density at radius 3 is 2.87 bits per heavy atom. The molecule has 1 aromatic heterocycles. The van der Waals surface area contributed by atoms with Crippen LogP contribution in [0.3, 0.4) is 0 Å². The molecule has 0 spiro atoms. The van der Waals surface area contributed by atoms with Crippen molar-refractivity contribution >= 4 is 58.9 Å². The highest BCUT2D eigenvalue weighted by molar-refractivity contribution is 8.19. The average molecular weight is 388 g/mol. The van der Waals surface area contributed by atoms with E-state index < -0.39 is 0 Å². The van der Waals surface area contributed by atoms with Gasteiger partial charge < -0.3 is 11.1 Å². The van der Waals surface area contributed by atoms with E-state index in [-0.39, 0.29) is 18.3 Å². The number of amides is 1. The van der Waals surface area contributed by atoms with Crippen LogP contribution in [-0.2, 0) is 6.42 Å². The molecule has 124 valence electrons. The first-order valence-electron chi connectivity index (χ1n) is 7.05. The van der Waals surface area contributed by atoms with Crippen molar-refractivity contribution in [1.29, 1.82) is 0 Å². The molecule has 0 radical (unpaired) electrons. The predicted octanol–water partition coefficient (Wildman–Crippen LogP) is 3.80. The number of hydrogen-bond acceptors (Lipinski definition) is 6. The number of benzene rings is 1. The van der Waals surface area contributed by atoms with Crippen molar-refractivity contribution in [3.63, 3.8) is 0 Å². The summed E-state index contributed by atoms with van der Waals surface area (Å²) in [5.41, 5.74) is 8.05. The number of thiazole rings is 1. The van der Waals surface area contributed by atoms with Crippen molar-refractivity contribution in [3.8, 4) is 0 Å². The van der Waals surface area contributed by atoms with Crippen molar-refractivity contribution in [1.82, 2.24) is 4.98 Å². The number of thioether (sulfide) groups is 2. The highest BCUT2D eigenvalue weighted by Gasteiger charge is 2.19. The van der Waals surface area contributed by atoms with Gasteiger partial charge in [0, 0.05) is 29.0 Å². The zero-order chi connectivity index (χ0) is 15.4. The SMILES string of the molecule is Cl.NCCc1nc(C(=O)Nc2cccc(C3SCCS3)c2)cs1. The molecule has 0 saturated carbocycles. The molecule has 1 fully saturated rings. The number of nitrogens with two attached hydrogens (primary N) is 1. The minimum Gasteiger partial charge on any atom is -0.330 e. The largest absolute Gasteiger partial charge is 0.330 e. The fourth-order valence-corrected chi connectivity index (χ4v) is 5.79. The van der Waals surface area contributed by atoms with Crippen LogP contribution < -0.4 is 11.1 Å². The molecule has 8 heteroatoms. The molecule has 3 N–H and O–H groups in total. The average Bonchev–Trinajstić information content (AvgIpc) is 3.19. The van der Waals surface area contributed by atoms with Crippen molar-refractivity contribution in [2.24, 2.45) is 5.73 Å². The molecular formula is C15H18ClN3OS3. The second-order valence-electron chi connectivity index (χ2n) is 4.82. The lowest BCUT2D eigenvalue weighted by atomic mass is 10.2. The molecular weight excluding hydrogens is 370 g/mol. The Morgan fingerprint density at radius 1 is 1.35 bits per heavy atom. The minimum atomic E-state index is -0.164. The fraction of sp³-hybridized carbons (Fsp3) is 0.333. The van der Waals surface area contributed by atoms with Crippen LogP contribution in [0.2, 0.25) is 0 Å². The number of rotatable bonds is 5. The second-order valence-corrected chi connectivity index (χ2v) is 8.49. The van der Waals surface area contributed by atoms with E-state index in [2.05, 4.69) is 22.4 Å². The third-order valence-electron chi connectivity index (χ3n) is 3.18. The normalized spacial score (nSPS) is 14.5. The first-order valence-corrected chi connectivity index (χ1v) is 10.0. The molecule has 0 atom stereocenters. The second kappa shape index (κ2) is 8.94. The smallest absolute Gasteiger partial charge is 0.275 e. The van der Waals surface area contributed by atoms with Crippen molar-refractivity contribution in [2.45, 2.75) is 11.0 Å². The summed E-state index contributed by atoms with van der Waals surface area (Å²) in [5, 5.41) is 5.62. The van der Waals surface area contributed by atoms with Crippen molar-refractivity contribution in [3.05, 3.63) is 45.9 Å². The number of aromatic nitrogens is 1. The maximum Gasteiger partial charge on any atom is 0.275 e. The Kier molecular flexibility index (Phi) is 7.23. The summed E-state index contributed by atoms with van der Waals surface area (Å²) >= 11 is 5.39. The number of halogens is 1. The summed E-state index contributed by atoms with van der Waals surface area (Å²) in [4.78, 5) is 16.6. The molecule has 23 heavy (non-hydrogen) atoms. The standard InChI is InChI=1S/C15H17N3OS3.ClH/c16-5-4-13-18-12(9-22-13)14(19)17-11-3-1-2-10(8-11)15-20-6-7-21-15;/h1-3,8-9,15H,4-7,16H2,(H,17,19);1H. The van der Waals surface area contributed by atoms with Gasteiger partial charge in [0.1, 0.15) is 5.69 Å². The van der Waals surface area contributed by atoms with Crippen molar-refractivity contribution < 1.29 is 4.79 Å². The zero-order valence-corrected chi connectivity index (χ0v) is 15.6. The van der Waals surface area contributed by atoms with Gasteiger partial charge in [-0.05, 0) is 24.2 Å². The molecule has 3 rings (SSSR count). The van der Waals surface area contributed by atoms with Crippen LogP contribution in [0.4, 0.5) is 5.69 Å². The van der Waals surface area contributed by atoms with Crippen LogP contribution in [0, 0.1) is 0 Å². The third-order valence-corrected chi connectivity index (χ3v) is 7.19. The Hall–Kier alpha value is -0.730. The van der Waals surface area contributed by atoms with Gasteiger partial charge in [0.25, 0.3) is 5.91 Å². The van der Waals surface area contributed by atoms with E-state index in [1.165, 1.54) is 28.4 Å². The summed E-state index contributed by atoms with van der Waals surface area (Å²) < 4.78 is 0.479. The predicted molar refractivity (Wildman–Crippen MR) is 104 cm³/mol. The molecule has 0 bridgehead atoms. The Morgan fingerprint density at radius 2 is 2.13 bits per heavy atom. The van der Waals surface area contributed by atoms with E-state index in [0.717, 1.165) is 10.7 Å². The lowest BCUT2D eigenvalue weighted by Crippen LogP contribution is -2.13. The topological polar surface area (TPSA) is 68.0 Å². The lowest BCUT2D eigenvalue weighted by Gasteiger charge is -2.10. The molecule has 1 aliphatic heterocycles. The van der Waals surface area contributed by atoms with Crippen LogP contribution in [0.1, 0.15) is 25.6 Å². The quantitative estimate of drug-likeness (QED) is 0.816. The van der Waals surface area contributed by atoms with E-state index in [1.807, 2.05) is 35.7 Å². The van der Waals surface area contributed by atoms with Gasteiger partial charge in [-0.3, -0.25) is 4.79 Å². The number of carbonyl (C=O) groups excluding carboxylic acids is 1. The lowest BCUT2D eigenvalue weighted by molar-refractivity contribution is 0.102. The summed E-state index contributed by atoms with van der Waals surface area (Å²) in [6.07, 6.45) is 0.712. The first-order chi connectivity index (χ1) is 10.8. The third kappa shape index (κ3) is 4.87. The summed E-state index contributed by atoms with van der Waals surface area (Å²) in [5.74, 6) is 2.21. The van der Waals surface area contributed by atoms with Gasteiger partial charge in [-0.25, -0.2) is 4.98 Å². The Balaban J connectivity index is 0.00000192. The van der Waals surface area contributed by atoms with Crippen LogP contribution in [0.5, 0.6) is 0 Å². The van der Waals surface area contributed by atoms with Gasteiger partial charge in [-0.1, -0.05) is 12.1 Å². The van der Waals surface area contributed by atoms with E-state index in [4.69, 9.17) is 5.73 Å². The zero-order valence-electron chi connectivity index (χ0n) is 12.4. The highest BCUT2D eigenvalue weighted by Crippen LogP contribution is 2.45. The van der Waals surface area contributed by atoms with E-state index in [0.29, 0.717) is 23.2 Å². The number of nitrogens with zero attached hydrogens (tertiary/aromatic N) is 1. The van der Waals surface area contributed by atoms with Gasteiger partial charge in [0.15, 0.2) is 0 Å². The van der Waals surface area contributed by atoms with E-state index in [1.54, 1.807) is 5.38 Å². The van der Waals surface area contributed by atoms with Crippen LogP contribution >= 0.6 is 47.3 Å². The Labute approximate surface area is 154 Å². The first kappa shape index (κ1) is 18.6. The van der Waals surface area contributed by atoms with Gasteiger partial charge >= 0.3 is 0 Å². The molecule has 1 aliphatic rings. The van der Waals surface area contributed by atoms with E-state index in [9.17, 15) is 4.79 Å². The number of carbonyl (C=O) groups is 1. The van der Waals surface area contributed by atoms with Gasteiger partial charge in [-0.15, -0.1) is 47.3 Å². The number of hydrogen-bond donors (Lipinski definition) is 2. The maximum atomic E-state index is 12.3. The molecule has 2 heterocycles. The van der Waals surface area contributed by atoms with Crippen molar-refractivity contribution in [2.75, 3.05) is 23.4 Å². The van der Waals surface area contributed by atoms with Gasteiger partial charge in [0.05, 0.1) is 9.59 Å². The fourth-order valence-electron chi connectivity index (χ4n) is 2.16. The van der Waals surface area contributed by atoms with Gasteiger partial charge in [0.2, 0.25) is 0 Å². The molecule has 4 nitrogen and oxygen atoms in total. The molecule has 1 aromatic carbocycles. The maximum absolute atomic E-state index is 12.3. The molecule has 1 amide bonds. The van der Waals surface area contributed by atoms with Crippen LogP contribution in [0.15, 0.2) is 29.6 Å². The molecule has 0 aliphatic carbocycles.